The van der Waals surface area contributed by atoms with Crippen LogP contribution >= 0.6 is 0 Å². The summed E-state index contributed by atoms with van der Waals surface area (Å²) in [4.78, 5) is 26.0. The highest BCUT2D eigenvalue weighted by Crippen LogP contribution is 2.78. The van der Waals surface area contributed by atoms with Crippen molar-refractivity contribution in [2.24, 2.45) is 57.7 Å². The van der Waals surface area contributed by atoms with E-state index < -0.39 is 0 Å². The van der Waals surface area contributed by atoms with Crippen molar-refractivity contribution in [1.82, 2.24) is 0 Å². The van der Waals surface area contributed by atoms with Crippen molar-refractivity contribution < 1.29 is 9.59 Å². The van der Waals surface area contributed by atoms with Crippen molar-refractivity contribution in [3.63, 3.8) is 0 Å². The minimum absolute atomic E-state index is 0.0929. The van der Waals surface area contributed by atoms with Crippen LogP contribution in [0.1, 0.15) is 105 Å². The highest BCUT2D eigenvalue weighted by molar-refractivity contribution is 6.00. The summed E-state index contributed by atoms with van der Waals surface area (Å²) < 4.78 is 0. The highest BCUT2D eigenvalue weighted by atomic mass is 16.1. The van der Waals surface area contributed by atoms with Crippen LogP contribution in [0.5, 0.6) is 0 Å². The number of fused-ring (bicyclic) bond motifs is 4. The molecule has 9 unspecified atom stereocenters. The Hall–Kier alpha value is -0.660. The third-order valence-corrected chi connectivity index (χ3v) is 11.6. The molecular formula is C28H44O2. The van der Waals surface area contributed by atoms with E-state index in [1.165, 1.54) is 44.9 Å². The molecule has 0 aromatic carbocycles. The molecule has 2 heteroatoms. The monoisotopic (exact) mass is 412 g/mol. The van der Waals surface area contributed by atoms with Crippen LogP contribution in [-0.4, -0.2) is 11.6 Å². The molecule has 0 radical (unpaired) electrons. The SMILES string of the molecule is CC(C)CCCC(C)C1CCC2C3CC(=O)C45CC4C(=O)CCC5(C)C3CCC12C. The fraction of sp³-hybridized carbons (Fsp3) is 0.929. The summed E-state index contributed by atoms with van der Waals surface area (Å²) in [6.45, 7) is 12.2. The molecule has 0 heterocycles. The summed E-state index contributed by atoms with van der Waals surface area (Å²) in [6.07, 6.45) is 12.9. The predicted molar refractivity (Wildman–Crippen MR) is 121 cm³/mol. The lowest BCUT2D eigenvalue weighted by molar-refractivity contribution is -0.163. The summed E-state index contributed by atoms with van der Waals surface area (Å²) in [5, 5.41) is 0. The summed E-state index contributed by atoms with van der Waals surface area (Å²) in [5.74, 6) is 5.47. The van der Waals surface area contributed by atoms with E-state index in [1.807, 2.05) is 0 Å². The van der Waals surface area contributed by atoms with Crippen LogP contribution in [0.3, 0.4) is 0 Å². The fourth-order valence-electron chi connectivity index (χ4n) is 9.99. The molecular weight excluding hydrogens is 368 g/mol. The molecule has 5 saturated carbocycles. The summed E-state index contributed by atoms with van der Waals surface area (Å²) in [5.41, 5.74) is 0.306. The maximum atomic E-state index is 13.6. The van der Waals surface area contributed by atoms with Gasteiger partial charge in [0.15, 0.2) is 0 Å². The van der Waals surface area contributed by atoms with Crippen LogP contribution in [0, 0.1) is 57.7 Å². The molecule has 0 N–H and O–H groups in total. The van der Waals surface area contributed by atoms with E-state index in [0.717, 1.165) is 49.4 Å². The molecule has 30 heavy (non-hydrogen) atoms. The molecule has 0 saturated heterocycles. The van der Waals surface area contributed by atoms with E-state index in [0.29, 0.717) is 28.8 Å². The third kappa shape index (κ3) is 2.67. The number of ketones is 2. The van der Waals surface area contributed by atoms with E-state index in [9.17, 15) is 9.59 Å². The topological polar surface area (TPSA) is 34.1 Å². The molecule has 2 nitrogen and oxygen atoms in total. The number of Topliss-reactive ketones (excluding diaryl/α,β-unsaturated/α-hetero) is 2. The number of hydrogen-bond acceptors (Lipinski definition) is 2. The number of carbonyl (C=O) groups excluding carboxylic acids is 2. The largest absolute Gasteiger partial charge is 0.299 e. The first kappa shape index (κ1) is 21.2. The van der Waals surface area contributed by atoms with Crippen molar-refractivity contribution in [2.75, 3.05) is 0 Å². The molecule has 5 rings (SSSR count). The molecule has 5 aliphatic rings. The minimum atomic E-state index is -0.237. The first-order chi connectivity index (χ1) is 14.1. The van der Waals surface area contributed by atoms with E-state index in [4.69, 9.17) is 0 Å². The quantitative estimate of drug-likeness (QED) is 0.494. The van der Waals surface area contributed by atoms with E-state index in [1.54, 1.807) is 0 Å². The van der Waals surface area contributed by atoms with E-state index >= 15 is 0 Å². The van der Waals surface area contributed by atoms with Crippen molar-refractivity contribution in [3.05, 3.63) is 0 Å². The van der Waals surface area contributed by atoms with E-state index in [2.05, 4.69) is 34.6 Å². The van der Waals surface area contributed by atoms with Gasteiger partial charge in [-0.3, -0.25) is 9.59 Å². The minimum Gasteiger partial charge on any atom is -0.299 e. The van der Waals surface area contributed by atoms with Crippen LogP contribution < -0.4 is 0 Å². The number of rotatable bonds is 5. The van der Waals surface area contributed by atoms with Crippen LogP contribution in [0.15, 0.2) is 0 Å². The third-order valence-electron chi connectivity index (χ3n) is 11.6. The molecule has 0 aliphatic heterocycles. The summed E-state index contributed by atoms with van der Waals surface area (Å²) in [7, 11) is 0. The van der Waals surface area contributed by atoms with Crippen LogP contribution in [0.25, 0.3) is 0 Å². The van der Waals surface area contributed by atoms with Crippen LogP contribution in [-0.2, 0) is 9.59 Å². The highest BCUT2D eigenvalue weighted by Gasteiger charge is 2.77. The Bertz CT molecular complexity index is 739. The Morgan fingerprint density at radius 2 is 1.73 bits per heavy atom. The van der Waals surface area contributed by atoms with Gasteiger partial charge in [0.05, 0.1) is 0 Å². The first-order valence-corrected chi connectivity index (χ1v) is 13.2. The fourth-order valence-corrected chi connectivity index (χ4v) is 9.99. The summed E-state index contributed by atoms with van der Waals surface area (Å²) in [6, 6.07) is 0. The van der Waals surface area contributed by atoms with Gasteiger partial charge in [0.1, 0.15) is 11.6 Å². The van der Waals surface area contributed by atoms with Gasteiger partial charge < -0.3 is 0 Å². The number of carbonyl (C=O) groups is 2. The van der Waals surface area contributed by atoms with Crippen LogP contribution in [0.4, 0.5) is 0 Å². The Morgan fingerprint density at radius 3 is 2.47 bits per heavy atom. The Labute approximate surface area is 184 Å². The van der Waals surface area contributed by atoms with Gasteiger partial charge in [-0.2, -0.15) is 0 Å². The van der Waals surface area contributed by atoms with Crippen molar-refractivity contribution in [1.29, 1.82) is 0 Å². The molecule has 0 aromatic rings. The first-order valence-electron chi connectivity index (χ1n) is 13.2. The second-order valence-electron chi connectivity index (χ2n) is 13.1. The maximum absolute atomic E-state index is 13.6. The van der Waals surface area contributed by atoms with Gasteiger partial charge >= 0.3 is 0 Å². The van der Waals surface area contributed by atoms with Gasteiger partial charge in [-0.25, -0.2) is 0 Å². The Morgan fingerprint density at radius 1 is 0.967 bits per heavy atom. The van der Waals surface area contributed by atoms with Gasteiger partial charge in [0.2, 0.25) is 0 Å². The lowest BCUT2D eigenvalue weighted by Gasteiger charge is -2.60. The lowest BCUT2D eigenvalue weighted by atomic mass is 9.43. The molecule has 5 fully saturated rings. The average Bonchev–Trinajstić information content (AvgIpc) is 3.36. The van der Waals surface area contributed by atoms with Gasteiger partial charge in [-0.15, -0.1) is 0 Å². The molecule has 168 valence electrons. The Balaban J connectivity index is 1.36. The lowest BCUT2D eigenvalue weighted by Crippen LogP contribution is -2.58. The van der Waals surface area contributed by atoms with E-state index in [-0.39, 0.29) is 16.7 Å². The zero-order valence-electron chi connectivity index (χ0n) is 20.1. The normalized spacial score (nSPS) is 50.5. The average molecular weight is 413 g/mol. The molecule has 5 aliphatic carbocycles. The van der Waals surface area contributed by atoms with Crippen LogP contribution in [0.2, 0.25) is 0 Å². The second-order valence-corrected chi connectivity index (χ2v) is 13.1. The molecule has 0 amide bonds. The van der Waals surface area contributed by atoms with Crippen molar-refractivity contribution >= 4 is 11.6 Å². The zero-order valence-corrected chi connectivity index (χ0v) is 20.1. The summed E-state index contributed by atoms with van der Waals surface area (Å²) >= 11 is 0. The van der Waals surface area contributed by atoms with Gasteiger partial charge in [-0.05, 0) is 84.9 Å². The van der Waals surface area contributed by atoms with Gasteiger partial charge in [0, 0.05) is 24.2 Å². The molecule has 1 spiro atoms. The number of hydrogen-bond donors (Lipinski definition) is 0. The molecule has 9 atom stereocenters. The standard InChI is InChI=1S/C28H44O2/c1-17(2)7-6-8-18(3)20-9-10-21-19-15-25(30)28-16-23(28)24(29)12-14-27(28,5)22(19)11-13-26(20,21)4/h17-23H,6-16H2,1-5H3. The maximum Gasteiger partial charge on any atom is 0.140 e. The second kappa shape index (κ2) is 6.92. The Kier molecular flexibility index (Phi) is 4.89. The van der Waals surface area contributed by atoms with Gasteiger partial charge in [0.25, 0.3) is 0 Å². The molecule has 0 bridgehead atoms. The van der Waals surface area contributed by atoms with Crippen molar-refractivity contribution in [2.45, 2.75) is 105 Å². The predicted octanol–water partition coefficient (Wildman–Crippen LogP) is 6.86. The molecule has 0 aromatic heterocycles. The zero-order chi connectivity index (χ0) is 21.5. The van der Waals surface area contributed by atoms with Gasteiger partial charge in [-0.1, -0.05) is 53.9 Å². The van der Waals surface area contributed by atoms with Crippen molar-refractivity contribution in [3.8, 4) is 0 Å². The smallest absolute Gasteiger partial charge is 0.140 e.